The Morgan fingerprint density at radius 1 is 1.08 bits per heavy atom. The molecule has 1 aromatic rings. The third kappa shape index (κ3) is 4.69. The zero-order valence-electron chi connectivity index (χ0n) is 30.3. The van der Waals surface area contributed by atoms with Crippen LogP contribution in [0.5, 0.6) is 0 Å². The monoisotopic (exact) mass is 754 g/mol. The Hall–Kier alpha value is -2.53. The number of methoxy groups -OCH3 is 1. The van der Waals surface area contributed by atoms with Gasteiger partial charge >= 0.3 is 17.9 Å². The summed E-state index contributed by atoms with van der Waals surface area (Å²) in [4.78, 5) is 39.1. The number of carbonyl (C=O) groups excluding carboxylic acids is 3. The Balaban J connectivity index is 1.23. The smallest absolute Gasteiger partial charge is 0.342 e. The quantitative estimate of drug-likeness (QED) is 0.126. The van der Waals surface area contributed by atoms with Crippen LogP contribution in [0.3, 0.4) is 0 Å². The average molecular weight is 756 g/mol. The molecule has 0 aromatic heterocycles. The number of halogens is 1. The Morgan fingerprint density at radius 3 is 2.52 bits per heavy atom. The van der Waals surface area contributed by atoms with Crippen LogP contribution in [0.15, 0.2) is 53.0 Å². The van der Waals surface area contributed by atoms with Crippen molar-refractivity contribution in [2.75, 3.05) is 26.9 Å². The highest BCUT2D eigenvalue weighted by molar-refractivity contribution is 9.10. The van der Waals surface area contributed by atoms with Crippen molar-refractivity contribution in [3.8, 4) is 0 Å². The predicted molar refractivity (Wildman–Crippen MR) is 188 cm³/mol. The van der Waals surface area contributed by atoms with Crippen molar-refractivity contribution in [1.82, 2.24) is 0 Å². The molecule has 6 aliphatic rings. The topological polar surface area (TPSA) is 110 Å². The van der Waals surface area contributed by atoms with E-state index in [-0.39, 0.29) is 47.3 Å². The van der Waals surface area contributed by atoms with Crippen LogP contribution in [0.1, 0.15) is 84.0 Å². The van der Waals surface area contributed by atoms with Gasteiger partial charge < -0.3 is 28.4 Å². The summed E-state index contributed by atoms with van der Waals surface area (Å²) in [6.45, 7) is 18.1. The summed E-state index contributed by atoms with van der Waals surface area (Å²) in [5.41, 5.74) is -2.26. The number of fused-ring (bicyclic) bond motifs is 6. The SMILES string of the molecule is C=C1C[C@]2(C3CC[C@]4(C)C(CC[C@@]5(C(C)OC(=O)c6cccc(Br)c6)COCC=C[C@H]54)C3(C)C)O[C@@H](COC(C)=O)[C@@]2(C)[C@]2(C(=O)OC)O[C@H]12. The number of allylic oxidation sites excluding steroid dienone is 1. The molecule has 0 amide bonds. The van der Waals surface area contributed by atoms with Gasteiger partial charge in [-0.3, -0.25) is 4.79 Å². The molecule has 10 heteroatoms. The highest BCUT2D eigenvalue weighted by atomic mass is 79.9. The summed E-state index contributed by atoms with van der Waals surface area (Å²) in [5, 5.41) is 0. The second kappa shape index (κ2) is 12.0. The van der Waals surface area contributed by atoms with Gasteiger partial charge in [-0.1, -0.05) is 68.4 Å². The molecule has 3 aliphatic carbocycles. The van der Waals surface area contributed by atoms with E-state index in [0.29, 0.717) is 25.2 Å². The molecule has 50 heavy (non-hydrogen) atoms. The van der Waals surface area contributed by atoms with E-state index in [1.807, 2.05) is 19.1 Å². The van der Waals surface area contributed by atoms with E-state index in [9.17, 15) is 14.4 Å². The van der Waals surface area contributed by atoms with E-state index in [4.69, 9.17) is 28.4 Å². The molecule has 0 N–H and O–H groups in total. The van der Waals surface area contributed by atoms with Crippen molar-refractivity contribution in [1.29, 1.82) is 0 Å². The fraction of sp³-hybridized carbons (Fsp3) is 0.675. The van der Waals surface area contributed by atoms with E-state index in [2.05, 4.69) is 62.4 Å². The van der Waals surface area contributed by atoms with E-state index >= 15 is 0 Å². The first-order valence-electron chi connectivity index (χ1n) is 18.0. The largest absolute Gasteiger partial charge is 0.467 e. The summed E-state index contributed by atoms with van der Waals surface area (Å²) in [5.74, 6) is -0.742. The molecule has 11 atom stereocenters. The minimum absolute atomic E-state index is 0.0368. The molecule has 272 valence electrons. The van der Waals surface area contributed by atoms with Gasteiger partial charge in [0.25, 0.3) is 0 Å². The third-order valence-corrected chi connectivity index (χ3v) is 15.0. The van der Waals surface area contributed by atoms with Gasteiger partial charge in [0, 0.05) is 23.2 Å². The van der Waals surface area contributed by atoms with Crippen LogP contribution in [0.4, 0.5) is 0 Å². The number of esters is 3. The van der Waals surface area contributed by atoms with Crippen LogP contribution in [-0.2, 0) is 38.0 Å². The predicted octanol–water partition coefficient (Wildman–Crippen LogP) is 7.01. The summed E-state index contributed by atoms with van der Waals surface area (Å²) in [6, 6.07) is 7.31. The number of ether oxygens (including phenoxy) is 6. The van der Waals surface area contributed by atoms with Gasteiger partial charge in [-0.25, -0.2) is 9.59 Å². The molecular formula is C40H51BrO9. The first-order chi connectivity index (χ1) is 23.5. The van der Waals surface area contributed by atoms with Crippen molar-refractivity contribution in [2.24, 2.45) is 39.4 Å². The number of benzene rings is 1. The van der Waals surface area contributed by atoms with Gasteiger partial charge in [0.2, 0.25) is 5.60 Å². The first-order valence-corrected chi connectivity index (χ1v) is 18.8. The lowest BCUT2D eigenvalue weighted by atomic mass is 9.36. The standard InChI is InChI=1S/C40H51BrO9/c1-23-20-39(37(7,31(49-39)21-47-25(3)42)40(32(23)50-40)34(44)45-8)29-14-16-36(6)28(35(29,4)5)15-17-38(22-46-18-10-13-30(36)38)24(2)48-33(43)26-11-9-12-27(41)19-26/h9-13,19,24,28-32H,1,14-18,20-22H2,2-8H3/t24?,28?,29?,30-,31-,32+,36+,37+,38-,39+,40-/m0/s1. The minimum Gasteiger partial charge on any atom is -0.467 e. The molecule has 3 unspecified atom stereocenters. The van der Waals surface area contributed by atoms with Crippen molar-refractivity contribution in [2.45, 2.75) is 103 Å². The zero-order chi connectivity index (χ0) is 36.1. The fourth-order valence-electron chi connectivity index (χ4n) is 12.2. The second-order valence-corrected chi connectivity index (χ2v) is 17.7. The third-order valence-electron chi connectivity index (χ3n) is 14.5. The molecule has 2 saturated heterocycles. The lowest BCUT2D eigenvalue weighted by molar-refractivity contribution is -0.382. The van der Waals surface area contributed by atoms with Crippen LogP contribution >= 0.6 is 15.9 Å². The fourth-order valence-corrected chi connectivity index (χ4v) is 12.6. The maximum Gasteiger partial charge on any atom is 0.342 e. The molecule has 9 nitrogen and oxygen atoms in total. The molecule has 0 radical (unpaired) electrons. The van der Waals surface area contributed by atoms with Crippen molar-refractivity contribution < 1.29 is 42.8 Å². The lowest BCUT2D eigenvalue weighted by Gasteiger charge is -2.73. The Morgan fingerprint density at radius 2 is 1.82 bits per heavy atom. The summed E-state index contributed by atoms with van der Waals surface area (Å²) in [7, 11) is 1.39. The molecule has 5 fully saturated rings. The molecule has 0 spiro atoms. The molecule has 3 aliphatic heterocycles. The van der Waals surface area contributed by atoms with E-state index in [1.54, 1.807) is 12.1 Å². The van der Waals surface area contributed by atoms with Crippen LogP contribution in [0.2, 0.25) is 0 Å². The average Bonchev–Trinajstić information content (AvgIpc) is 3.86. The Kier molecular flexibility index (Phi) is 8.61. The minimum atomic E-state index is -1.24. The molecule has 3 saturated carbocycles. The van der Waals surface area contributed by atoms with E-state index in [1.165, 1.54) is 14.0 Å². The number of epoxide rings is 1. The Labute approximate surface area is 303 Å². The van der Waals surface area contributed by atoms with Crippen LogP contribution in [0.25, 0.3) is 0 Å². The molecule has 3 heterocycles. The summed E-state index contributed by atoms with van der Waals surface area (Å²) >= 11 is 3.48. The number of rotatable bonds is 7. The maximum atomic E-state index is 13.7. The van der Waals surface area contributed by atoms with Crippen LogP contribution in [0, 0.1) is 39.4 Å². The molecule has 0 bridgehead atoms. The second-order valence-electron chi connectivity index (χ2n) is 16.8. The van der Waals surface area contributed by atoms with Crippen LogP contribution < -0.4 is 0 Å². The highest BCUT2D eigenvalue weighted by Crippen LogP contribution is 2.78. The lowest BCUT2D eigenvalue weighted by Crippen LogP contribution is -2.82. The molecule has 1 aromatic carbocycles. The maximum absolute atomic E-state index is 13.7. The van der Waals surface area contributed by atoms with E-state index in [0.717, 1.165) is 35.7 Å². The van der Waals surface area contributed by atoms with Crippen molar-refractivity contribution in [3.63, 3.8) is 0 Å². The van der Waals surface area contributed by atoms with Gasteiger partial charge in [-0.15, -0.1) is 0 Å². The zero-order valence-corrected chi connectivity index (χ0v) is 31.9. The normalized spacial score (nSPS) is 43.0. The van der Waals surface area contributed by atoms with Gasteiger partial charge in [-0.2, -0.15) is 0 Å². The van der Waals surface area contributed by atoms with Crippen LogP contribution in [-0.4, -0.2) is 74.4 Å². The van der Waals surface area contributed by atoms with Crippen molar-refractivity contribution in [3.05, 3.63) is 58.6 Å². The summed E-state index contributed by atoms with van der Waals surface area (Å²) < 4.78 is 37.7. The van der Waals surface area contributed by atoms with Gasteiger partial charge in [0.15, 0.2) is 0 Å². The van der Waals surface area contributed by atoms with Gasteiger partial charge in [-0.05, 0) is 85.0 Å². The van der Waals surface area contributed by atoms with E-state index < -0.39 is 46.2 Å². The van der Waals surface area contributed by atoms with Gasteiger partial charge in [0.05, 0.1) is 36.9 Å². The molecular weight excluding hydrogens is 704 g/mol. The number of hydrogen-bond donors (Lipinski definition) is 0. The summed E-state index contributed by atoms with van der Waals surface area (Å²) in [6.07, 6.45) is 7.17. The Bertz CT molecular complexity index is 1640. The van der Waals surface area contributed by atoms with Crippen molar-refractivity contribution >= 4 is 33.8 Å². The molecule has 7 rings (SSSR count). The highest BCUT2D eigenvalue weighted by Gasteiger charge is 2.90. The number of carbonyl (C=O) groups is 3. The first kappa shape index (κ1) is 35.9. The number of hydrogen-bond acceptors (Lipinski definition) is 9. The van der Waals surface area contributed by atoms with Gasteiger partial charge in [0.1, 0.15) is 24.9 Å².